The van der Waals surface area contributed by atoms with Crippen molar-refractivity contribution in [2.24, 2.45) is 7.05 Å². The normalized spacial score (nSPS) is 11.1. The molecule has 0 bridgehead atoms. The smallest absolute Gasteiger partial charge is 0.334 e. The molecule has 11 nitrogen and oxygen atoms in total. The third kappa shape index (κ3) is 5.78. The Bertz CT molecular complexity index is 1590. The number of nitrogen functional groups attached to an aromatic ring is 1. The number of benzene rings is 2. The number of nitrogens with two attached hydrogens (primary N) is 1. The molecule has 39 heavy (non-hydrogen) atoms. The number of anilines is 5. The Morgan fingerprint density at radius 2 is 1.87 bits per heavy atom. The van der Waals surface area contributed by atoms with Gasteiger partial charge in [-0.05, 0) is 62.5 Å². The lowest BCUT2D eigenvalue weighted by Crippen LogP contribution is -2.29. The lowest BCUT2D eigenvalue weighted by molar-refractivity contribution is -0.111. The fourth-order valence-corrected chi connectivity index (χ4v) is 4.34. The van der Waals surface area contributed by atoms with Gasteiger partial charge in [0.15, 0.2) is 0 Å². The first-order chi connectivity index (χ1) is 18.6. The SMILES string of the molecule is C=CC(=O)Nc1cc(Nc2nccc(-n3c(=O)n(C)c4cc(N)ccc43)n2)c(CC)cc1N(C)CCN(C)C. The molecule has 2 heterocycles. The molecule has 204 valence electrons. The molecule has 0 aliphatic carbocycles. The minimum Gasteiger partial charge on any atom is -0.399 e. The highest BCUT2D eigenvalue weighted by atomic mass is 16.2. The van der Waals surface area contributed by atoms with Crippen molar-refractivity contribution in [1.82, 2.24) is 24.0 Å². The molecular formula is C28H35N9O2. The van der Waals surface area contributed by atoms with Crippen LogP contribution in [-0.2, 0) is 18.3 Å². The van der Waals surface area contributed by atoms with E-state index in [9.17, 15) is 9.59 Å². The van der Waals surface area contributed by atoms with Crippen LogP contribution in [0.4, 0.5) is 28.7 Å². The molecule has 0 aliphatic rings. The number of rotatable bonds is 10. The number of aromatic nitrogens is 4. The van der Waals surface area contributed by atoms with Gasteiger partial charge in [0, 0.05) is 50.8 Å². The number of aryl methyl sites for hydroxylation is 2. The largest absolute Gasteiger partial charge is 0.399 e. The fraction of sp³-hybridized carbons (Fsp3) is 0.286. The number of hydrogen-bond donors (Lipinski definition) is 3. The van der Waals surface area contributed by atoms with Crippen molar-refractivity contribution in [1.29, 1.82) is 0 Å². The van der Waals surface area contributed by atoms with Gasteiger partial charge in [-0.2, -0.15) is 4.98 Å². The molecule has 0 spiro atoms. The maximum absolute atomic E-state index is 13.1. The summed E-state index contributed by atoms with van der Waals surface area (Å²) in [6, 6.07) is 10.9. The van der Waals surface area contributed by atoms with Gasteiger partial charge >= 0.3 is 5.69 Å². The number of fused-ring (bicyclic) bond motifs is 1. The minimum absolute atomic E-state index is 0.242. The predicted molar refractivity (Wildman–Crippen MR) is 158 cm³/mol. The fourth-order valence-electron chi connectivity index (χ4n) is 4.34. The first-order valence-corrected chi connectivity index (χ1v) is 12.7. The molecule has 11 heteroatoms. The highest BCUT2D eigenvalue weighted by molar-refractivity contribution is 6.02. The Morgan fingerprint density at radius 3 is 2.56 bits per heavy atom. The molecule has 4 rings (SSSR count). The van der Waals surface area contributed by atoms with Crippen molar-refractivity contribution >= 4 is 45.6 Å². The first-order valence-electron chi connectivity index (χ1n) is 12.7. The van der Waals surface area contributed by atoms with Gasteiger partial charge in [-0.15, -0.1) is 0 Å². The van der Waals surface area contributed by atoms with Crippen molar-refractivity contribution in [3.63, 3.8) is 0 Å². The topological polar surface area (TPSA) is 126 Å². The van der Waals surface area contributed by atoms with Crippen LogP contribution < -0.4 is 27.0 Å². The molecule has 0 saturated heterocycles. The van der Waals surface area contributed by atoms with Crippen molar-refractivity contribution in [2.75, 3.05) is 55.5 Å². The van der Waals surface area contributed by atoms with Crippen LogP contribution in [0, 0.1) is 0 Å². The minimum atomic E-state index is -0.304. The number of carbonyl (C=O) groups excluding carboxylic acids is 1. The standard InChI is InChI=1S/C28H35N9O2/c1-7-18-15-23(35(5)14-13-34(3)4)21(31-26(38)8-2)17-20(18)32-27-30-12-11-25(33-27)37-22-10-9-19(29)16-24(22)36(6)28(37)39/h8-12,15-17H,2,7,13-14,29H2,1,3-6H3,(H,31,38)(H,30,32,33). The van der Waals surface area contributed by atoms with Gasteiger partial charge in [-0.25, -0.2) is 14.3 Å². The van der Waals surface area contributed by atoms with Gasteiger partial charge in [0.1, 0.15) is 5.82 Å². The van der Waals surface area contributed by atoms with Crippen molar-refractivity contribution in [2.45, 2.75) is 13.3 Å². The van der Waals surface area contributed by atoms with Crippen LogP contribution in [0.2, 0.25) is 0 Å². The van der Waals surface area contributed by atoms with Crippen LogP contribution in [0.25, 0.3) is 16.9 Å². The highest BCUT2D eigenvalue weighted by Gasteiger charge is 2.17. The van der Waals surface area contributed by atoms with Gasteiger partial charge < -0.3 is 26.2 Å². The van der Waals surface area contributed by atoms with Crippen LogP contribution in [0.5, 0.6) is 0 Å². The van der Waals surface area contributed by atoms with E-state index in [1.807, 2.05) is 27.2 Å². The lowest BCUT2D eigenvalue weighted by atomic mass is 10.1. The van der Waals surface area contributed by atoms with E-state index in [0.717, 1.165) is 36.4 Å². The summed E-state index contributed by atoms with van der Waals surface area (Å²) in [5.41, 5.74) is 11.0. The van der Waals surface area contributed by atoms with E-state index < -0.39 is 0 Å². The maximum atomic E-state index is 13.1. The zero-order valence-electron chi connectivity index (χ0n) is 23.0. The molecule has 0 radical (unpaired) electrons. The molecule has 0 atom stereocenters. The van der Waals surface area contributed by atoms with Crippen LogP contribution in [-0.4, -0.2) is 64.1 Å². The third-order valence-electron chi connectivity index (χ3n) is 6.54. The number of likely N-dealkylation sites (N-methyl/N-ethyl adjacent to an activating group) is 2. The van der Waals surface area contributed by atoms with Crippen molar-refractivity contribution in [3.8, 4) is 5.82 Å². The molecule has 0 unspecified atom stereocenters. The Balaban J connectivity index is 1.75. The molecule has 0 aliphatic heterocycles. The number of carbonyl (C=O) groups is 1. The molecule has 0 saturated carbocycles. The van der Waals surface area contributed by atoms with Gasteiger partial charge in [0.05, 0.1) is 22.4 Å². The third-order valence-corrected chi connectivity index (χ3v) is 6.54. The summed E-state index contributed by atoms with van der Waals surface area (Å²) in [7, 11) is 7.74. The molecule has 1 amide bonds. The van der Waals surface area contributed by atoms with Crippen LogP contribution in [0.1, 0.15) is 12.5 Å². The molecule has 0 fully saturated rings. The van der Waals surface area contributed by atoms with E-state index in [4.69, 9.17) is 5.73 Å². The van der Waals surface area contributed by atoms with Gasteiger partial charge in [0.2, 0.25) is 11.9 Å². The van der Waals surface area contributed by atoms with Gasteiger partial charge in [0.25, 0.3) is 0 Å². The summed E-state index contributed by atoms with van der Waals surface area (Å²) in [5.74, 6) is 0.434. The maximum Gasteiger partial charge on any atom is 0.334 e. The Morgan fingerprint density at radius 1 is 1.10 bits per heavy atom. The van der Waals surface area contributed by atoms with E-state index in [1.165, 1.54) is 15.2 Å². The lowest BCUT2D eigenvalue weighted by Gasteiger charge is -2.26. The van der Waals surface area contributed by atoms with Crippen LogP contribution in [0.3, 0.4) is 0 Å². The number of hydrogen-bond acceptors (Lipinski definition) is 8. The van der Waals surface area contributed by atoms with Crippen molar-refractivity contribution < 1.29 is 4.79 Å². The second kappa shape index (κ2) is 11.4. The molecular weight excluding hydrogens is 494 g/mol. The molecule has 2 aromatic carbocycles. The van der Waals surface area contributed by atoms with Crippen molar-refractivity contribution in [3.05, 3.63) is 71.3 Å². The molecule has 2 aromatic heterocycles. The number of nitrogens with zero attached hydrogens (tertiary/aromatic N) is 6. The van der Waals surface area contributed by atoms with Crippen LogP contribution in [0.15, 0.2) is 60.0 Å². The zero-order chi connectivity index (χ0) is 28.3. The van der Waals surface area contributed by atoms with E-state index in [0.29, 0.717) is 34.2 Å². The van der Waals surface area contributed by atoms with Gasteiger partial charge in [-0.1, -0.05) is 13.5 Å². The number of amides is 1. The van der Waals surface area contributed by atoms with E-state index in [-0.39, 0.29) is 11.6 Å². The van der Waals surface area contributed by atoms with E-state index in [2.05, 4.69) is 50.0 Å². The summed E-state index contributed by atoms with van der Waals surface area (Å²) in [6.45, 7) is 7.27. The molecule has 4 N–H and O–H groups in total. The summed E-state index contributed by atoms with van der Waals surface area (Å²) >= 11 is 0. The summed E-state index contributed by atoms with van der Waals surface area (Å²) in [4.78, 5) is 38.6. The van der Waals surface area contributed by atoms with E-state index >= 15 is 0 Å². The summed E-state index contributed by atoms with van der Waals surface area (Å²) in [5, 5.41) is 6.22. The number of imidazole rings is 1. The van der Waals surface area contributed by atoms with Gasteiger partial charge in [-0.3, -0.25) is 9.36 Å². The van der Waals surface area contributed by atoms with E-state index in [1.54, 1.807) is 37.5 Å². The average Bonchev–Trinajstić information content (AvgIpc) is 3.16. The second-order valence-electron chi connectivity index (χ2n) is 9.59. The Hall–Kier alpha value is -4.64. The Kier molecular flexibility index (Phi) is 8.01. The zero-order valence-corrected chi connectivity index (χ0v) is 23.0. The summed E-state index contributed by atoms with van der Waals surface area (Å²) in [6.07, 6.45) is 3.58. The summed E-state index contributed by atoms with van der Waals surface area (Å²) < 4.78 is 3.07. The first kappa shape index (κ1) is 27.4. The number of nitrogens with one attached hydrogen (secondary N) is 2. The highest BCUT2D eigenvalue weighted by Crippen LogP contribution is 2.34. The molecule has 4 aromatic rings. The average molecular weight is 530 g/mol. The predicted octanol–water partition coefficient (Wildman–Crippen LogP) is 3.13. The Labute approximate surface area is 227 Å². The monoisotopic (exact) mass is 529 g/mol. The quantitative estimate of drug-likeness (QED) is 0.211. The van der Waals surface area contributed by atoms with Crippen LogP contribution >= 0.6 is 0 Å². The second-order valence-corrected chi connectivity index (χ2v) is 9.59.